The molecule has 3 heterocycles. The van der Waals surface area contributed by atoms with Gasteiger partial charge in [0.15, 0.2) is 28.5 Å². The van der Waals surface area contributed by atoms with Crippen LogP contribution in [0.15, 0.2) is 17.3 Å². The molecule has 10 nitrogen and oxygen atoms in total. The van der Waals surface area contributed by atoms with Crippen molar-refractivity contribution in [1.29, 1.82) is 0 Å². The monoisotopic (exact) mass is 546 g/mol. The Kier molecular flexibility index (Phi) is 7.11. The van der Waals surface area contributed by atoms with Crippen LogP contribution in [0.3, 0.4) is 0 Å². The predicted molar refractivity (Wildman–Crippen MR) is 139 cm³/mol. The molecule has 13 heteroatoms. The quantitative estimate of drug-likeness (QED) is 0.418. The van der Waals surface area contributed by atoms with Crippen LogP contribution in [0.1, 0.15) is 53.5 Å². The van der Waals surface area contributed by atoms with E-state index in [0.29, 0.717) is 5.69 Å². The molecule has 1 aromatic heterocycles. The molecule has 1 fully saturated rings. The molecule has 3 rings (SSSR count). The normalized spacial score (nSPS) is 29.7. The van der Waals surface area contributed by atoms with Crippen LogP contribution >= 0.6 is 0 Å². The summed E-state index contributed by atoms with van der Waals surface area (Å²) in [5.41, 5.74) is 5.61. The van der Waals surface area contributed by atoms with Crippen molar-refractivity contribution in [1.82, 2.24) is 15.0 Å². The van der Waals surface area contributed by atoms with E-state index in [1.807, 2.05) is 6.92 Å². The minimum atomic E-state index is -4.05. The molecule has 2 N–H and O–H groups in total. The van der Waals surface area contributed by atoms with Gasteiger partial charge in [-0.2, -0.15) is 8.42 Å². The van der Waals surface area contributed by atoms with Gasteiger partial charge in [0, 0.05) is 0 Å². The minimum Gasteiger partial charge on any atom is -0.414 e. The van der Waals surface area contributed by atoms with Gasteiger partial charge in [0.1, 0.15) is 12.2 Å². The number of aryl methyl sites for hydroxylation is 1. The number of hydrogen-bond acceptors (Lipinski definition) is 9. The Morgan fingerprint density at radius 3 is 2.11 bits per heavy atom. The Balaban J connectivity index is 2.13. The fourth-order valence-corrected chi connectivity index (χ4v) is 7.20. The van der Waals surface area contributed by atoms with Gasteiger partial charge in [0.25, 0.3) is 10.1 Å². The molecule has 2 aliphatic rings. The molecule has 0 saturated carbocycles. The van der Waals surface area contributed by atoms with Crippen molar-refractivity contribution in [3.05, 3.63) is 23.0 Å². The molecular formula is C22H42N4O6SSi2. The van der Waals surface area contributed by atoms with Gasteiger partial charge in [-0.15, -0.1) is 5.10 Å². The number of hydrogen-bond donors (Lipinski definition) is 1. The van der Waals surface area contributed by atoms with E-state index in [4.69, 9.17) is 23.5 Å². The van der Waals surface area contributed by atoms with E-state index >= 15 is 0 Å². The zero-order valence-corrected chi connectivity index (χ0v) is 25.7. The second-order valence-corrected chi connectivity index (χ2v) is 23.6. The molecule has 1 saturated heterocycles. The fourth-order valence-electron chi connectivity index (χ4n) is 3.69. The lowest BCUT2D eigenvalue weighted by molar-refractivity contribution is -0.0595. The van der Waals surface area contributed by atoms with Gasteiger partial charge < -0.3 is 19.3 Å². The van der Waals surface area contributed by atoms with Crippen LogP contribution in [-0.2, 0) is 27.9 Å². The molecule has 1 aromatic rings. The van der Waals surface area contributed by atoms with Crippen molar-refractivity contribution in [2.24, 2.45) is 5.73 Å². The minimum absolute atomic E-state index is 0.0457. The van der Waals surface area contributed by atoms with Crippen molar-refractivity contribution >= 4 is 26.8 Å². The Morgan fingerprint density at radius 1 is 1.11 bits per heavy atom. The van der Waals surface area contributed by atoms with Gasteiger partial charge >= 0.3 is 0 Å². The second-order valence-electron chi connectivity index (χ2n) is 12.7. The van der Waals surface area contributed by atoms with E-state index < -0.39 is 50.8 Å². The maximum atomic E-state index is 12.7. The van der Waals surface area contributed by atoms with Crippen LogP contribution in [0.5, 0.6) is 0 Å². The van der Waals surface area contributed by atoms with Crippen LogP contribution in [0.2, 0.25) is 36.3 Å². The van der Waals surface area contributed by atoms with Gasteiger partial charge in [-0.05, 0) is 43.2 Å². The van der Waals surface area contributed by atoms with Crippen molar-refractivity contribution in [3.8, 4) is 0 Å². The standard InChI is InChI=1S/C22H42N4O6SSi2/c1-15-12-26(25-24-15)19-18(31-35(10,11)21(5,6)7)22(16(23)14-33(27,28)32-22)17(30-19)13-29-34(8,9)20(2,3)4/h12,14,17-19H,13,23H2,1-11H3/t17?,18-,19+,22?/m0/s1. The number of ether oxygens (including phenoxy) is 1. The molecule has 0 bridgehead atoms. The summed E-state index contributed by atoms with van der Waals surface area (Å²) in [6.07, 6.45) is -0.792. The van der Waals surface area contributed by atoms with Crippen molar-refractivity contribution in [2.45, 2.75) is 109 Å². The first kappa shape index (κ1) is 28.5. The summed E-state index contributed by atoms with van der Waals surface area (Å²) in [5.74, 6) is 0. The predicted octanol–water partition coefficient (Wildman–Crippen LogP) is 3.80. The molecule has 0 aliphatic carbocycles. The maximum Gasteiger partial charge on any atom is 0.292 e. The Bertz CT molecular complexity index is 1090. The van der Waals surface area contributed by atoms with Gasteiger partial charge in [-0.25, -0.2) is 8.86 Å². The van der Waals surface area contributed by atoms with Gasteiger partial charge in [-0.1, -0.05) is 46.8 Å². The SMILES string of the molecule is Cc1cn([C@@H]2OC(CO[Si](C)(C)C(C)(C)C)C3(OS(=O)(=O)C=C3N)[C@H]2O[Si](C)(C)C(C)(C)C)nn1. The molecule has 1 spiro atoms. The zero-order chi connectivity index (χ0) is 26.8. The van der Waals surface area contributed by atoms with Crippen LogP contribution in [-0.4, -0.2) is 64.5 Å². The lowest BCUT2D eigenvalue weighted by Gasteiger charge is -2.43. The van der Waals surface area contributed by atoms with Gasteiger partial charge in [0.05, 0.1) is 29.6 Å². The highest BCUT2D eigenvalue weighted by molar-refractivity contribution is 7.90. The smallest absolute Gasteiger partial charge is 0.292 e. The summed E-state index contributed by atoms with van der Waals surface area (Å²) in [5, 5.41) is 9.07. The largest absolute Gasteiger partial charge is 0.414 e. The Morgan fingerprint density at radius 2 is 1.69 bits per heavy atom. The van der Waals surface area contributed by atoms with Crippen molar-refractivity contribution < 1.29 is 26.2 Å². The lowest BCUT2D eigenvalue weighted by atomic mass is 9.89. The highest BCUT2D eigenvalue weighted by atomic mass is 32.2. The summed E-state index contributed by atoms with van der Waals surface area (Å²) in [7, 11) is -8.71. The first-order chi connectivity index (χ1) is 15.6. The summed E-state index contributed by atoms with van der Waals surface area (Å²) < 4.78 is 52.6. The molecule has 200 valence electrons. The molecule has 0 amide bonds. The number of aromatic nitrogens is 3. The Hall–Kier alpha value is -1.10. The van der Waals surface area contributed by atoms with Gasteiger partial charge in [-0.3, -0.25) is 0 Å². The zero-order valence-electron chi connectivity index (χ0n) is 22.9. The summed E-state index contributed by atoms with van der Waals surface area (Å²) >= 11 is 0. The first-order valence-electron chi connectivity index (χ1n) is 11.9. The molecular weight excluding hydrogens is 505 g/mol. The average Bonchev–Trinajstić information content (AvgIpc) is 3.27. The molecule has 0 radical (unpaired) electrons. The number of nitrogens with zero attached hydrogens (tertiary/aromatic N) is 3. The van der Waals surface area contributed by atoms with Crippen molar-refractivity contribution in [3.63, 3.8) is 0 Å². The van der Waals surface area contributed by atoms with Crippen LogP contribution < -0.4 is 5.73 Å². The van der Waals surface area contributed by atoms with E-state index in [1.54, 1.807) is 10.9 Å². The van der Waals surface area contributed by atoms with Crippen LogP contribution in [0.25, 0.3) is 0 Å². The summed E-state index contributed by atoms with van der Waals surface area (Å²) in [6, 6.07) is 0. The Labute approximate surface area is 211 Å². The molecule has 0 aromatic carbocycles. The van der Waals surface area contributed by atoms with E-state index in [9.17, 15) is 8.42 Å². The lowest BCUT2D eigenvalue weighted by Crippen LogP contribution is -2.59. The number of rotatable bonds is 6. The van der Waals surface area contributed by atoms with E-state index in [2.05, 4.69) is 78.0 Å². The van der Waals surface area contributed by atoms with E-state index in [1.165, 1.54) is 0 Å². The molecule has 2 aliphatic heterocycles. The first-order valence-corrected chi connectivity index (χ1v) is 19.2. The van der Waals surface area contributed by atoms with Crippen LogP contribution in [0.4, 0.5) is 0 Å². The molecule has 35 heavy (non-hydrogen) atoms. The third-order valence-electron chi connectivity index (χ3n) is 7.96. The average molecular weight is 547 g/mol. The molecule has 2 unspecified atom stereocenters. The third-order valence-corrected chi connectivity index (χ3v) is 18.0. The summed E-state index contributed by atoms with van der Waals surface area (Å²) in [4.78, 5) is 0. The van der Waals surface area contributed by atoms with E-state index in [-0.39, 0.29) is 22.4 Å². The van der Waals surface area contributed by atoms with Crippen molar-refractivity contribution in [2.75, 3.05) is 6.61 Å². The highest BCUT2D eigenvalue weighted by Gasteiger charge is 2.67. The fraction of sp³-hybridized carbons (Fsp3) is 0.818. The van der Waals surface area contributed by atoms with Gasteiger partial charge in [0.2, 0.25) is 0 Å². The number of nitrogens with two attached hydrogens (primary N) is 1. The third kappa shape index (κ3) is 5.18. The topological polar surface area (TPSA) is 128 Å². The summed E-state index contributed by atoms with van der Waals surface area (Å²) in [6.45, 7) is 23.1. The molecule has 4 atom stereocenters. The second kappa shape index (κ2) is 8.74. The van der Waals surface area contributed by atoms with E-state index in [0.717, 1.165) is 5.41 Å². The van der Waals surface area contributed by atoms with Crippen LogP contribution in [0, 0.1) is 6.92 Å². The highest BCUT2D eigenvalue weighted by Crippen LogP contribution is 2.52. The maximum absolute atomic E-state index is 12.7.